The molecule has 0 aliphatic carbocycles. The standard InChI is InChI=1S/C13H20N4O2/c18-12-8-17(13(19)10-6-14-9-15-10)7-11(12)16-4-2-1-3-5-16/h6,9,11-12,18H,1-5,7-8H2,(H,14,15)/t11-,12-/m1/s1. The summed E-state index contributed by atoms with van der Waals surface area (Å²) in [6.07, 6.45) is 6.25. The van der Waals surface area contributed by atoms with Crippen molar-refractivity contribution in [1.29, 1.82) is 0 Å². The Hall–Kier alpha value is -1.40. The average Bonchev–Trinajstić information content (AvgIpc) is 3.08. The lowest BCUT2D eigenvalue weighted by atomic mass is 10.1. The lowest BCUT2D eigenvalue weighted by Crippen LogP contribution is -2.46. The lowest BCUT2D eigenvalue weighted by molar-refractivity contribution is 0.0702. The van der Waals surface area contributed by atoms with Gasteiger partial charge in [0.15, 0.2) is 0 Å². The molecule has 2 atom stereocenters. The minimum absolute atomic E-state index is 0.0731. The van der Waals surface area contributed by atoms with Crippen LogP contribution >= 0.6 is 0 Å². The van der Waals surface area contributed by atoms with Crippen molar-refractivity contribution in [2.75, 3.05) is 26.2 Å². The van der Waals surface area contributed by atoms with Crippen LogP contribution in [0.5, 0.6) is 0 Å². The van der Waals surface area contributed by atoms with Gasteiger partial charge in [-0.25, -0.2) is 4.98 Å². The largest absolute Gasteiger partial charge is 0.390 e. The van der Waals surface area contributed by atoms with Gasteiger partial charge in [-0.3, -0.25) is 9.69 Å². The van der Waals surface area contributed by atoms with E-state index < -0.39 is 6.10 Å². The fourth-order valence-corrected chi connectivity index (χ4v) is 3.09. The van der Waals surface area contributed by atoms with Gasteiger partial charge in [0.25, 0.3) is 5.91 Å². The van der Waals surface area contributed by atoms with E-state index in [4.69, 9.17) is 0 Å². The highest BCUT2D eigenvalue weighted by Gasteiger charge is 2.38. The first kappa shape index (κ1) is 12.6. The normalized spacial score (nSPS) is 28.8. The first-order valence-corrected chi connectivity index (χ1v) is 6.95. The number of nitrogens with zero attached hydrogens (tertiary/aromatic N) is 3. The summed E-state index contributed by atoms with van der Waals surface area (Å²) in [4.78, 5) is 22.9. The van der Waals surface area contributed by atoms with Gasteiger partial charge in [0.05, 0.1) is 24.7 Å². The van der Waals surface area contributed by atoms with Crippen LogP contribution in [0.2, 0.25) is 0 Å². The Labute approximate surface area is 112 Å². The maximum atomic E-state index is 12.2. The molecule has 0 spiro atoms. The summed E-state index contributed by atoms with van der Waals surface area (Å²) in [7, 11) is 0. The highest BCUT2D eigenvalue weighted by Crippen LogP contribution is 2.21. The average molecular weight is 264 g/mol. The number of carbonyl (C=O) groups excluding carboxylic acids is 1. The number of likely N-dealkylation sites (tertiary alicyclic amines) is 2. The third-order valence-corrected chi connectivity index (χ3v) is 4.13. The summed E-state index contributed by atoms with van der Waals surface area (Å²) in [6, 6.07) is 0.0900. The Kier molecular flexibility index (Phi) is 3.52. The van der Waals surface area contributed by atoms with E-state index >= 15 is 0 Å². The summed E-state index contributed by atoms with van der Waals surface area (Å²) in [5.74, 6) is -0.0731. The molecule has 3 rings (SSSR count). The fraction of sp³-hybridized carbons (Fsp3) is 0.692. The number of piperidine rings is 1. The number of aromatic nitrogens is 2. The van der Waals surface area contributed by atoms with E-state index in [0.717, 1.165) is 13.1 Å². The fourth-order valence-electron chi connectivity index (χ4n) is 3.09. The molecule has 1 aromatic rings. The van der Waals surface area contributed by atoms with Crippen LogP contribution in [0.4, 0.5) is 0 Å². The zero-order chi connectivity index (χ0) is 13.2. The molecule has 2 saturated heterocycles. The number of amides is 1. The Bertz CT molecular complexity index is 428. The second kappa shape index (κ2) is 5.30. The van der Waals surface area contributed by atoms with Crippen LogP contribution in [-0.2, 0) is 0 Å². The maximum Gasteiger partial charge on any atom is 0.272 e. The Morgan fingerprint density at radius 2 is 2.11 bits per heavy atom. The third kappa shape index (κ3) is 2.50. The van der Waals surface area contributed by atoms with Gasteiger partial charge in [-0.05, 0) is 25.9 Å². The summed E-state index contributed by atoms with van der Waals surface area (Å²) in [5, 5.41) is 10.2. The van der Waals surface area contributed by atoms with E-state index in [1.807, 2.05) is 0 Å². The molecule has 0 bridgehead atoms. The second-order valence-electron chi connectivity index (χ2n) is 5.41. The molecule has 0 aromatic carbocycles. The highest BCUT2D eigenvalue weighted by atomic mass is 16.3. The number of imidazole rings is 1. The monoisotopic (exact) mass is 264 g/mol. The van der Waals surface area contributed by atoms with E-state index in [-0.39, 0.29) is 11.9 Å². The zero-order valence-electron chi connectivity index (χ0n) is 11.0. The molecule has 19 heavy (non-hydrogen) atoms. The van der Waals surface area contributed by atoms with Gasteiger partial charge in [-0.2, -0.15) is 0 Å². The van der Waals surface area contributed by atoms with Crippen LogP contribution in [0.25, 0.3) is 0 Å². The molecule has 1 amide bonds. The van der Waals surface area contributed by atoms with Crippen molar-refractivity contribution in [3.05, 3.63) is 18.2 Å². The van der Waals surface area contributed by atoms with Crippen LogP contribution in [0.15, 0.2) is 12.5 Å². The lowest BCUT2D eigenvalue weighted by Gasteiger charge is -2.33. The Balaban J connectivity index is 1.65. The first-order chi connectivity index (χ1) is 9.25. The Morgan fingerprint density at radius 1 is 1.32 bits per heavy atom. The first-order valence-electron chi connectivity index (χ1n) is 6.95. The van der Waals surface area contributed by atoms with Gasteiger partial charge in [0.1, 0.15) is 5.69 Å². The molecule has 2 aliphatic heterocycles. The molecule has 3 heterocycles. The van der Waals surface area contributed by atoms with Crippen molar-refractivity contribution < 1.29 is 9.90 Å². The highest BCUT2D eigenvalue weighted by molar-refractivity contribution is 5.92. The van der Waals surface area contributed by atoms with Crippen LogP contribution in [0.1, 0.15) is 29.8 Å². The topological polar surface area (TPSA) is 72.5 Å². The molecule has 1 aromatic heterocycles. The zero-order valence-corrected chi connectivity index (χ0v) is 11.0. The number of aromatic amines is 1. The number of rotatable bonds is 2. The second-order valence-corrected chi connectivity index (χ2v) is 5.41. The maximum absolute atomic E-state index is 12.2. The molecular weight excluding hydrogens is 244 g/mol. The van der Waals surface area contributed by atoms with E-state index in [1.165, 1.54) is 31.8 Å². The number of hydrogen-bond donors (Lipinski definition) is 2. The summed E-state index contributed by atoms with van der Waals surface area (Å²) in [6.45, 7) is 3.10. The smallest absolute Gasteiger partial charge is 0.272 e. The minimum Gasteiger partial charge on any atom is -0.390 e. The molecule has 2 N–H and O–H groups in total. The van der Waals surface area contributed by atoms with Crippen molar-refractivity contribution in [2.45, 2.75) is 31.4 Å². The molecule has 6 nitrogen and oxygen atoms in total. The van der Waals surface area contributed by atoms with E-state index in [0.29, 0.717) is 18.8 Å². The third-order valence-electron chi connectivity index (χ3n) is 4.13. The van der Waals surface area contributed by atoms with Crippen LogP contribution in [0.3, 0.4) is 0 Å². The van der Waals surface area contributed by atoms with Crippen molar-refractivity contribution >= 4 is 5.91 Å². The summed E-state index contributed by atoms with van der Waals surface area (Å²) in [5.41, 5.74) is 0.492. The molecule has 2 aliphatic rings. The van der Waals surface area contributed by atoms with Gasteiger partial charge in [0.2, 0.25) is 0 Å². The van der Waals surface area contributed by atoms with E-state index in [2.05, 4.69) is 14.9 Å². The number of nitrogens with one attached hydrogen (secondary N) is 1. The molecule has 0 saturated carbocycles. The van der Waals surface area contributed by atoms with Crippen molar-refractivity contribution in [2.24, 2.45) is 0 Å². The predicted octanol–water partition coefficient (Wildman–Crippen LogP) is 0.0809. The molecule has 104 valence electrons. The molecule has 0 radical (unpaired) electrons. The van der Waals surface area contributed by atoms with Crippen LogP contribution < -0.4 is 0 Å². The molecule has 2 fully saturated rings. The molecule has 6 heteroatoms. The van der Waals surface area contributed by atoms with Gasteiger partial charge < -0.3 is 15.0 Å². The van der Waals surface area contributed by atoms with Crippen molar-refractivity contribution in [3.63, 3.8) is 0 Å². The summed E-state index contributed by atoms with van der Waals surface area (Å²) >= 11 is 0. The number of aliphatic hydroxyl groups is 1. The van der Waals surface area contributed by atoms with Gasteiger partial charge in [0, 0.05) is 13.1 Å². The van der Waals surface area contributed by atoms with Gasteiger partial charge in [-0.15, -0.1) is 0 Å². The van der Waals surface area contributed by atoms with Crippen LogP contribution in [-0.4, -0.2) is 69.1 Å². The predicted molar refractivity (Wildman–Crippen MR) is 69.7 cm³/mol. The van der Waals surface area contributed by atoms with Crippen molar-refractivity contribution in [1.82, 2.24) is 19.8 Å². The SMILES string of the molecule is O=C(c1cnc[nH]1)N1C[C@@H](O)[C@H](N2CCCCC2)C1. The van der Waals surface area contributed by atoms with Crippen molar-refractivity contribution in [3.8, 4) is 0 Å². The van der Waals surface area contributed by atoms with Gasteiger partial charge >= 0.3 is 0 Å². The summed E-state index contributed by atoms with van der Waals surface area (Å²) < 4.78 is 0. The molecular formula is C13H20N4O2. The quantitative estimate of drug-likeness (QED) is 0.793. The number of β-amino-alcohol motifs (C(OH)–C–C–N with tert-alkyl or cyclic N) is 1. The number of H-pyrrole nitrogens is 1. The number of carbonyl (C=O) groups is 1. The van der Waals surface area contributed by atoms with E-state index in [9.17, 15) is 9.90 Å². The minimum atomic E-state index is -0.440. The van der Waals surface area contributed by atoms with Crippen LogP contribution in [0, 0.1) is 0 Å². The molecule has 0 unspecified atom stereocenters. The van der Waals surface area contributed by atoms with E-state index in [1.54, 1.807) is 4.90 Å². The number of hydrogen-bond acceptors (Lipinski definition) is 4. The van der Waals surface area contributed by atoms with Gasteiger partial charge in [-0.1, -0.05) is 6.42 Å². The Morgan fingerprint density at radius 3 is 2.79 bits per heavy atom. The number of aliphatic hydroxyl groups excluding tert-OH is 1.